The molecule has 1 N–H and O–H groups in total. The van der Waals surface area contributed by atoms with Crippen LogP contribution in [-0.2, 0) is 15.0 Å². The van der Waals surface area contributed by atoms with E-state index in [4.69, 9.17) is 4.74 Å². The second-order valence-electron chi connectivity index (χ2n) is 11.2. The van der Waals surface area contributed by atoms with Gasteiger partial charge in [0.2, 0.25) is 0 Å². The highest BCUT2D eigenvalue weighted by atomic mass is 16.5. The molecule has 2 fully saturated rings. The molecule has 0 radical (unpaired) electrons. The lowest BCUT2D eigenvalue weighted by atomic mass is 9.84. The van der Waals surface area contributed by atoms with Gasteiger partial charge in [-0.3, -0.25) is 9.59 Å². The van der Waals surface area contributed by atoms with Crippen molar-refractivity contribution >= 4 is 17.4 Å². The lowest BCUT2D eigenvalue weighted by Gasteiger charge is -2.31. The summed E-state index contributed by atoms with van der Waals surface area (Å²) < 4.78 is 5.91. The predicted octanol–water partition coefficient (Wildman–Crippen LogP) is 6.44. The molecule has 1 aliphatic carbocycles. The summed E-state index contributed by atoms with van der Waals surface area (Å²) in [4.78, 5) is 28.6. The van der Waals surface area contributed by atoms with Gasteiger partial charge in [0.15, 0.2) is 0 Å². The van der Waals surface area contributed by atoms with Crippen LogP contribution in [0.15, 0.2) is 48.0 Å². The highest BCUT2D eigenvalue weighted by Crippen LogP contribution is 2.44. The van der Waals surface area contributed by atoms with Crippen molar-refractivity contribution in [3.05, 3.63) is 70.3 Å². The number of ether oxygens (including phenoxy) is 1. The van der Waals surface area contributed by atoms with Crippen molar-refractivity contribution in [1.29, 1.82) is 0 Å². The lowest BCUT2D eigenvalue weighted by Crippen LogP contribution is -2.37. The number of hydrogen-bond acceptors (Lipinski definition) is 4. The van der Waals surface area contributed by atoms with Crippen LogP contribution >= 0.6 is 0 Å². The van der Waals surface area contributed by atoms with Gasteiger partial charge in [-0.1, -0.05) is 57.9 Å². The van der Waals surface area contributed by atoms with Crippen LogP contribution in [0.25, 0.3) is 5.76 Å². The minimum atomic E-state index is -0.647. The summed E-state index contributed by atoms with van der Waals surface area (Å²) in [5, 5.41) is 11.6. The van der Waals surface area contributed by atoms with Gasteiger partial charge < -0.3 is 14.7 Å². The maximum absolute atomic E-state index is 13.5. The number of Topliss-reactive ketones (excluding diaryl/α,β-unsaturated/α-hetero) is 1. The van der Waals surface area contributed by atoms with Crippen molar-refractivity contribution in [3.8, 4) is 5.75 Å². The van der Waals surface area contributed by atoms with E-state index in [1.54, 1.807) is 4.90 Å². The monoisotopic (exact) mass is 475 g/mol. The first-order chi connectivity index (χ1) is 16.5. The molecule has 4 rings (SSSR count). The zero-order chi connectivity index (χ0) is 25.5. The third-order valence-electron chi connectivity index (χ3n) is 7.10. The van der Waals surface area contributed by atoms with Crippen molar-refractivity contribution in [1.82, 2.24) is 4.90 Å². The standard InChI is InChI=1S/C30H37NO4/c1-18(2)35-23-13-9-10-20(16-23)26-25(28(33)29(34)31(26)22-11-7-8-12-22)27(32)24-17-21(30(4,5)6)15-14-19(24)3/h9-10,13-18,22,26,32H,7-8,11-12H2,1-6H3/b27-25+. The molecule has 2 aromatic rings. The predicted molar refractivity (Wildman–Crippen MR) is 138 cm³/mol. The van der Waals surface area contributed by atoms with Gasteiger partial charge in [-0.2, -0.15) is 0 Å². The third-order valence-corrected chi connectivity index (χ3v) is 7.10. The zero-order valence-electron chi connectivity index (χ0n) is 21.7. The van der Waals surface area contributed by atoms with Crippen molar-refractivity contribution in [2.24, 2.45) is 0 Å². The number of amides is 1. The largest absolute Gasteiger partial charge is 0.507 e. The maximum Gasteiger partial charge on any atom is 0.295 e. The number of benzene rings is 2. The van der Waals surface area contributed by atoms with Crippen molar-refractivity contribution in [3.63, 3.8) is 0 Å². The molecule has 0 aromatic heterocycles. The first kappa shape index (κ1) is 25.0. The molecule has 35 heavy (non-hydrogen) atoms. The first-order valence-corrected chi connectivity index (χ1v) is 12.7. The smallest absolute Gasteiger partial charge is 0.295 e. The number of hydrogen-bond donors (Lipinski definition) is 1. The molecule has 1 aliphatic heterocycles. The summed E-state index contributed by atoms with van der Waals surface area (Å²) in [6, 6.07) is 12.9. The Balaban J connectivity index is 1.91. The fourth-order valence-electron chi connectivity index (χ4n) is 5.26. The van der Waals surface area contributed by atoms with E-state index in [9.17, 15) is 14.7 Å². The molecule has 0 bridgehead atoms. The molecule has 1 saturated carbocycles. The second kappa shape index (κ2) is 9.52. The molecule has 5 nitrogen and oxygen atoms in total. The summed E-state index contributed by atoms with van der Waals surface area (Å²) in [6.07, 6.45) is 3.79. The van der Waals surface area contributed by atoms with Gasteiger partial charge in [-0.25, -0.2) is 0 Å². The summed E-state index contributed by atoms with van der Waals surface area (Å²) in [5.74, 6) is -0.563. The van der Waals surface area contributed by atoms with Gasteiger partial charge in [-0.15, -0.1) is 0 Å². The van der Waals surface area contributed by atoms with Crippen molar-refractivity contribution < 1.29 is 19.4 Å². The number of carbonyl (C=O) groups is 2. The van der Waals surface area contributed by atoms with Crippen LogP contribution in [0.4, 0.5) is 0 Å². The number of rotatable bonds is 5. The molecule has 2 aromatic carbocycles. The highest BCUT2D eigenvalue weighted by molar-refractivity contribution is 6.46. The molecule has 2 aliphatic rings. The Kier molecular flexibility index (Phi) is 6.81. The van der Waals surface area contributed by atoms with Gasteiger partial charge >= 0.3 is 0 Å². The Labute approximate surface area is 208 Å². The minimum absolute atomic E-state index is 0.00534. The Morgan fingerprint density at radius 3 is 2.37 bits per heavy atom. The number of aliphatic hydroxyl groups excluding tert-OH is 1. The molecule has 1 amide bonds. The highest BCUT2D eigenvalue weighted by Gasteiger charge is 2.49. The molecular weight excluding hydrogens is 438 g/mol. The average molecular weight is 476 g/mol. The summed E-state index contributed by atoms with van der Waals surface area (Å²) in [6.45, 7) is 12.2. The number of nitrogens with zero attached hydrogens (tertiary/aromatic N) is 1. The summed E-state index contributed by atoms with van der Waals surface area (Å²) >= 11 is 0. The summed E-state index contributed by atoms with van der Waals surface area (Å²) in [7, 11) is 0. The van der Waals surface area contributed by atoms with E-state index in [-0.39, 0.29) is 28.9 Å². The van der Waals surface area contributed by atoms with Crippen LogP contribution in [0, 0.1) is 6.92 Å². The van der Waals surface area contributed by atoms with Gasteiger partial charge in [0.25, 0.3) is 11.7 Å². The van der Waals surface area contributed by atoms with E-state index >= 15 is 0 Å². The average Bonchev–Trinajstić information content (AvgIpc) is 3.39. The Hall–Kier alpha value is -3.08. The topological polar surface area (TPSA) is 66.8 Å². The van der Waals surface area contributed by atoms with Crippen molar-refractivity contribution in [2.45, 2.75) is 90.8 Å². The number of ketones is 1. The van der Waals surface area contributed by atoms with Crippen LogP contribution in [0.1, 0.15) is 88.6 Å². The number of aryl methyl sites for hydroxylation is 1. The fourth-order valence-corrected chi connectivity index (χ4v) is 5.26. The second-order valence-corrected chi connectivity index (χ2v) is 11.2. The number of likely N-dealkylation sites (tertiary alicyclic amines) is 1. The molecule has 0 spiro atoms. The molecular formula is C30H37NO4. The van der Waals surface area contributed by atoms with Gasteiger partial charge in [-0.05, 0) is 73.9 Å². The SMILES string of the molecule is Cc1ccc(C(C)(C)C)cc1/C(O)=C1\C(=O)C(=O)N(C2CCCC2)C1c1cccc(OC(C)C)c1. The Morgan fingerprint density at radius 2 is 1.74 bits per heavy atom. The molecule has 1 atom stereocenters. The van der Waals surface area contributed by atoms with Crippen LogP contribution < -0.4 is 4.74 Å². The van der Waals surface area contributed by atoms with Crippen LogP contribution in [0.5, 0.6) is 5.75 Å². The third kappa shape index (κ3) is 4.86. The van der Waals surface area contributed by atoms with Crippen LogP contribution in [0.3, 0.4) is 0 Å². The maximum atomic E-state index is 13.5. The van der Waals surface area contributed by atoms with E-state index in [1.165, 1.54) is 0 Å². The Bertz CT molecular complexity index is 1170. The molecule has 5 heteroatoms. The van der Waals surface area contributed by atoms with E-state index < -0.39 is 17.7 Å². The van der Waals surface area contributed by atoms with Gasteiger partial charge in [0, 0.05) is 11.6 Å². The number of carbonyl (C=O) groups excluding carboxylic acids is 2. The molecule has 1 heterocycles. The quantitative estimate of drug-likeness (QED) is 0.307. The number of aliphatic hydroxyl groups is 1. The van der Waals surface area contributed by atoms with E-state index in [0.29, 0.717) is 11.3 Å². The van der Waals surface area contributed by atoms with E-state index in [0.717, 1.165) is 42.4 Å². The zero-order valence-corrected chi connectivity index (χ0v) is 21.7. The fraction of sp³-hybridized carbons (Fsp3) is 0.467. The van der Waals surface area contributed by atoms with Gasteiger partial charge in [0.1, 0.15) is 11.5 Å². The van der Waals surface area contributed by atoms with Crippen LogP contribution in [0.2, 0.25) is 0 Å². The van der Waals surface area contributed by atoms with Crippen LogP contribution in [-0.4, -0.2) is 33.8 Å². The van der Waals surface area contributed by atoms with E-state index in [1.807, 2.05) is 63.2 Å². The van der Waals surface area contributed by atoms with Gasteiger partial charge in [0.05, 0.1) is 17.7 Å². The van der Waals surface area contributed by atoms with E-state index in [2.05, 4.69) is 20.8 Å². The summed E-state index contributed by atoms with van der Waals surface area (Å²) in [5.41, 5.74) is 3.33. The lowest BCUT2D eigenvalue weighted by molar-refractivity contribution is -0.141. The Morgan fingerprint density at radius 1 is 1.06 bits per heavy atom. The first-order valence-electron chi connectivity index (χ1n) is 12.7. The van der Waals surface area contributed by atoms with Crippen molar-refractivity contribution in [2.75, 3.05) is 0 Å². The molecule has 1 unspecified atom stereocenters. The molecule has 186 valence electrons. The normalized spacial score (nSPS) is 20.8. The minimum Gasteiger partial charge on any atom is -0.507 e. The molecule has 1 saturated heterocycles.